The maximum absolute atomic E-state index is 12.3. The minimum absolute atomic E-state index is 0.129. The number of thiophene rings is 1. The molecule has 1 atom stereocenters. The molecule has 21 heavy (non-hydrogen) atoms. The van der Waals surface area contributed by atoms with Crippen molar-refractivity contribution in [3.63, 3.8) is 0 Å². The van der Waals surface area contributed by atoms with Crippen LogP contribution in [0.25, 0.3) is 0 Å². The lowest BCUT2D eigenvalue weighted by molar-refractivity contribution is 0.161. The molecule has 0 saturated heterocycles. The maximum atomic E-state index is 12.3. The van der Waals surface area contributed by atoms with Crippen molar-refractivity contribution in [2.45, 2.75) is 38.3 Å². The van der Waals surface area contributed by atoms with Gasteiger partial charge in [-0.3, -0.25) is 0 Å². The topological polar surface area (TPSA) is 67.4 Å². The van der Waals surface area contributed by atoms with E-state index in [1.54, 1.807) is 13.2 Å². The molecule has 0 fully saturated rings. The molecule has 0 aliphatic heterocycles. The van der Waals surface area contributed by atoms with Gasteiger partial charge in [0.15, 0.2) is 0 Å². The zero-order valence-corrected chi connectivity index (χ0v) is 16.0. The highest BCUT2D eigenvalue weighted by atomic mass is 79.9. The third-order valence-corrected chi connectivity index (χ3v) is 6.43. The molecule has 0 radical (unpaired) electrons. The van der Waals surface area contributed by atoms with Crippen molar-refractivity contribution in [2.75, 3.05) is 20.3 Å². The van der Waals surface area contributed by atoms with Gasteiger partial charge in [0, 0.05) is 37.7 Å². The summed E-state index contributed by atoms with van der Waals surface area (Å²) in [5.74, 6) is 0.129. The summed E-state index contributed by atoms with van der Waals surface area (Å²) in [4.78, 5) is 1.29. The lowest BCUT2D eigenvalue weighted by Crippen LogP contribution is -2.30. The Kier molecular flexibility index (Phi) is 7.80. The minimum atomic E-state index is -3.49. The summed E-state index contributed by atoms with van der Waals surface area (Å²) < 4.78 is 32.9. The molecule has 0 spiro atoms. The van der Waals surface area contributed by atoms with E-state index in [0.717, 1.165) is 4.88 Å². The largest absolute Gasteiger partial charge is 0.384 e. The average molecular weight is 399 g/mol. The van der Waals surface area contributed by atoms with Gasteiger partial charge in [0.1, 0.15) is 4.90 Å². The van der Waals surface area contributed by atoms with Crippen molar-refractivity contribution in [2.24, 2.45) is 5.92 Å². The molecule has 0 aromatic carbocycles. The molecule has 5 nitrogen and oxygen atoms in total. The highest BCUT2D eigenvalue weighted by Gasteiger charge is 2.21. The van der Waals surface area contributed by atoms with Crippen LogP contribution in [0.3, 0.4) is 0 Å². The van der Waals surface area contributed by atoms with Crippen LogP contribution in [-0.2, 0) is 21.3 Å². The van der Waals surface area contributed by atoms with Crippen LogP contribution in [0.5, 0.6) is 0 Å². The summed E-state index contributed by atoms with van der Waals surface area (Å²) in [6, 6.07) is 2.08. The molecule has 2 N–H and O–H groups in total. The van der Waals surface area contributed by atoms with Crippen molar-refractivity contribution in [1.82, 2.24) is 10.0 Å². The van der Waals surface area contributed by atoms with Gasteiger partial charge in [0.05, 0.1) is 3.79 Å². The van der Waals surface area contributed by atoms with Crippen LogP contribution in [0.15, 0.2) is 14.7 Å². The third kappa shape index (κ3) is 6.33. The van der Waals surface area contributed by atoms with Crippen LogP contribution in [0.4, 0.5) is 0 Å². The van der Waals surface area contributed by atoms with E-state index in [9.17, 15) is 8.42 Å². The van der Waals surface area contributed by atoms with Crippen molar-refractivity contribution in [3.8, 4) is 0 Å². The molecule has 0 aliphatic rings. The van der Waals surface area contributed by atoms with Gasteiger partial charge in [-0.15, -0.1) is 11.3 Å². The smallest absolute Gasteiger partial charge is 0.242 e. The van der Waals surface area contributed by atoms with Gasteiger partial charge < -0.3 is 10.1 Å². The van der Waals surface area contributed by atoms with Gasteiger partial charge in [0.25, 0.3) is 0 Å². The Balaban J connectivity index is 2.74. The van der Waals surface area contributed by atoms with Gasteiger partial charge in [-0.2, -0.15) is 0 Å². The fourth-order valence-corrected chi connectivity index (χ4v) is 5.44. The maximum Gasteiger partial charge on any atom is 0.242 e. The van der Waals surface area contributed by atoms with E-state index in [1.807, 2.05) is 6.92 Å². The Labute approximate surface area is 139 Å². The Hall–Kier alpha value is 0.01000. The van der Waals surface area contributed by atoms with E-state index in [1.165, 1.54) is 11.3 Å². The van der Waals surface area contributed by atoms with Gasteiger partial charge in [-0.25, -0.2) is 13.1 Å². The van der Waals surface area contributed by atoms with E-state index in [4.69, 9.17) is 4.74 Å². The quantitative estimate of drug-likeness (QED) is 0.670. The molecule has 8 heteroatoms. The van der Waals surface area contributed by atoms with E-state index in [-0.39, 0.29) is 5.92 Å². The molecule has 0 amide bonds. The molecular weight excluding hydrogens is 376 g/mol. The summed E-state index contributed by atoms with van der Waals surface area (Å²) in [6.07, 6.45) is 0. The van der Waals surface area contributed by atoms with Crippen LogP contribution in [0.1, 0.15) is 25.6 Å². The first kappa shape index (κ1) is 19.1. The number of hydrogen-bond donors (Lipinski definition) is 2. The van der Waals surface area contributed by atoms with E-state index >= 15 is 0 Å². The number of sulfonamides is 1. The van der Waals surface area contributed by atoms with Crippen molar-refractivity contribution >= 4 is 37.3 Å². The van der Waals surface area contributed by atoms with Crippen LogP contribution in [0, 0.1) is 5.92 Å². The molecule has 1 aromatic heterocycles. The van der Waals surface area contributed by atoms with E-state index in [0.29, 0.717) is 34.4 Å². The summed E-state index contributed by atoms with van der Waals surface area (Å²) >= 11 is 4.78. The van der Waals surface area contributed by atoms with Gasteiger partial charge >= 0.3 is 0 Å². The first-order valence-corrected chi connectivity index (χ1v) is 9.85. The lowest BCUT2D eigenvalue weighted by Gasteiger charge is -2.11. The molecule has 0 saturated carbocycles. The third-order valence-electron chi connectivity index (χ3n) is 2.75. The first-order valence-electron chi connectivity index (χ1n) is 6.76. The van der Waals surface area contributed by atoms with Crippen molar-refractivity contribution in [1.29, 1.82) is 0 Å². The Morgan fingerprint density at radius 3 is 2.62 bits per heavy atom. The number of halogens is 1. The first-order chi connectivity index (χ1) is 9.76. The predicted molar refractivity (Wildman–Crippen MR) is 90.2 cm³/mol. The second-order valence-electron chi connectivity index (χ2n) is 5.30. The molecule has 1 aromatic rings. The van der Waals surface area contributed by atoms with Crippen LogP contribution < -0.4 is 10.0 Å². The number of methoxy groups -OCH3 is 1. The van der Waals surface area contributed by atoms with Crippen molar-refractivity contribution in [3.05, 3.63) is 14.7 Å². The zero-order valence-electron chi connectivity index (χ0n) is 12.8. The summed E-state index contributed by atoms with van der Waals surface area (Å²) in [6.45, 7) is 7.59. The lowest BCUT2D eigenvalue weighted by atomic mass is 10.2. The number of rotatable bonds is 9. The fraction of sp³-hybridized carbons (Fsp3) is 0.692. The zero-order chi connectivity index (χ0) is 16.0. The highest BCUT2D eigenvalue weighted by Crippen LogP contribution is 2.31. The Morgan fingerprint density at radius 1 is 1.38 bits per heavy atom. The van der Waals surface area contributed by atoms with E-state index < -0.39 is 10.0 Å². The number of hydrogen-bond acceptors (Lipinski definition) is 5. The minimum Gasteiger partial charge on any atom is -0.384 e. The number of nitrogens with one attached hydrogen (secondary N) is 2. The standard InChI is InChI=1S/C13H23BrN2O3S2/c1-9(2)15-7-11-5-12(13(14)20-11)21(17,18)16-6-10(3)8-19-4/h5,9-10,15-16H,6-8H2,1-4H3. The normalized spacial score (nSPS) is 13.8. The second kappa shape index (κ2) is 8.59. The van der Waals surface area contributed by atoms with Gasteiger partial charge in [0.2, 0.25) is 10.0 Å². The molecule has 1 heterocycles. The summed E-state index contributed by atoms with van der Waals surface area (Å²) in [5, 5.41) is 3.28. The number of ether oxygens (including phenoxy) is 1. The van der Waals surface area contributed by atoms with Crippen molar-refractivity contribution < 1.29 is 13.2 Å². The highest BCUT2D eigenvalue weighted by molar-refractivity contribution is 9.11. The predicted octanol–water partition coefficient (Wildman–Crippen LogP) is 2.57. The molecule has 0 bridgehead atoms. The Bertz CT molecular complexity index is 544. The molecule has 1 rings (SSSR count). The summed E-state index contributed by atoms with van der Waals surface area (Å²) in [7, 11) is -1.89. The van der Waals surface area contributed by atoms with Crippen LogP contribution in [0.2, 0.25) is 0 Å². The van der Waals surface area contributed by atoms with Gasteiger partial charge in [-0.05, 0) is 27.9 Å². The second-order valence-corrected chi connectivity index (χ2v) is 9.49. The molecule has 0 aliphatic carbocycles. The van der Waals surface area contributed by atoms with E-state index in [2.05, 4.69) is 39.8 Å². The van der Waals surface area contributed by atoms with Gasteiger partial charge in [-0.1, -0.05) is 20.8 Å². The summed E-state index contributed by atoms with van der Waals surface area (Å²) in [5.41, 5.74) is 0. The molecular formula is C13H23BrN2O3S2. The average Bonchev–Trinajstić information content (AvgIpc) is 2.77. The SMILES string of the molecule is COCC(C)CNS(=O)(=O)c1cc(CNC(C)C)sc1Br. The molecule has 122 valence electrons. The molecule has 1 unspecified atom stereocenters. The Morgan fingerprint density at radius 2 is 2.05 bits per heavy atom. The van der Waals surface area contributed by atoms with Crippen LogP contribution >= 0.6 is 27.3 Å². The monoisotopic (exact) mass is 398 g/mol. The fourth-order valence-electron chi connectivity index (χ4n) is 1.65. The van der Waals surface area contributed by atoms with Crippen LogP contribution in [-0.4, -0.2) is 34.7 Å².